The van der Waals surface area contributed by atoms with Gasteiger partial charge in [-0.2, -0.15) is 0 Å². The lowest BCUT2D eigenvalue weighted by atomic mass is 10.0. The fraction of sp³-hybridized carbons (Fsp3) is 0.875. The average molecular weight is 763 g/mol. The predicted molar refractivity (Wildman–Crippen MR) is 234 cm³/mol. The Balaban J connectivity index is 2.08. The highest BCUT2D eigenvalue weighted by Crippen LogP contribution is 2.20. The summed E-state index contributed by atoms with van der Waals surface area (Å²) in [6, 6.07) is 7.55. The van der Waals surface area contributed by atoms with Crippen molar-refractivity contribution in [2.24, 2.45) is 0 Å². The molecule has 0 amide bonds. The van der Waals surface area contributed by atoms with Crippen molar-refractivity contribution in [2.45, 2.75) is 206 Å². The number of hydrogen-bond donors (Lipinski definition) is 2. The van der Waals surface area contributed by atoms with Gasteiger partial charge in [0.15, 0.2) is 0 Å². The molecule has 0 radical (unpaired) electrons. The Morgan fingerprint density at radius 1 is 0.389 bits per heavy atom. The summed E-state index contributed by atoms with van der Waals surface area (Å²) >= 11 is 0. The first-order valence-electron chi connectivity index (χ1n) is 23.4. The highest BCUT2D eigenvalue weighted by molar-refractivity contribution is 5.31. The van der Waals surface area contributed by atoms with Crippen LogP contribution in [0.3, 0.4) is 0 Å². The summed E-state index contributed by atoms with van der Waals surface area (Å²) < 4.78 is 13.5. The Bertz CT molecular complexity index is 862. The van der Waals surface area contributed by atoms with Crippen molar-refractivity contribution < 1.29 is 28.7 Å². The summed E-state index contributed by atoms with van der Waals surface area (Å²) in [6.45, 7) is 8.69. The van der Waals surface area contributed by atoms with E-state index in [1.807, 2.05) is 24.3 Å². The molecular formula is C48H94N2O4+2. The smallest absolute Gasteiger partial charge is 0.137 e. The number of ether oxygens (including phenoxy) is 2. The van der Waals surface area contributed by atoms with E-state index in [-0.39, 0.29) is 13.2 Å². The molecule has 0 saturated heterocycles. The third kappa shape index (κ3) is 31.8. The van der Waals surface area contributed by atoms with Gasteiger partial charge in [-0.1, -0.05) is 168 Å². The number of rotatable bonds is 40. The molecule has 318 valence electrons. The van der Waals surface area contributed by atoms with Crippen LogP contribution in [0.25, 0.3) is 0 Å². The lowest BCUT2D eigenvalue weighted by Crippen LogP contribution is -2.47. The van der Waals surface area contributed by atoms with Crippen LogP contribution in [0, 0.1) is 0 Å². The zero-order valence-corrected chi connectivity index (χ0v) is 37.1. The van der Waals surface area contributed by atoms with E-state index in [0.717, 1.165) is 33.6 Å². The number of aliphatic hydroxyl groups is 2. The SMILES string of the molecule is CCCCCCCCCCCCCCCC[N+](C)(C)CC(O)COc1ccc(OCC(O)C[N+](C)(C)CCCCCCCCCCCCCCCC)cc1. The van der Waals surface area contributed by atoms with E-state index in [9.17, 15) is 10.2 Å². The first kappa shape index (κ1) is 50.7. The molecule has 0 saturated carbocycles. The topological polar surface area (TPSA) is 58.9 Å². The van der Waals surface area contributed by atoms with Crippen molar-refractivity contribution in [3.8, 4) is 11.5 Å². The van der Waals surface area contributed by atoms with Crippen molar-refractivity contribution in [1.82, 2.24) is 0 Å². The Hall–Kier alpha value is -1.34. The number of nitrogens with zero attached hydrogens (tertiary/aromatic N) is 2. The molecule has 2 N–H and O–H groups in total. The van der Waals surface area contributed by atoms with Crippen molar-refractivity contribution in [1.29, 1.82) is 0 Å². The maximum atomic E-state index is 10.7. The predicted octanol–water partition coefficient (Wildman–Crippen LogP) is 12.3. The second-order valence-corrected chi connectivity index (χ2v) is 18.3. The largest absolute Gasteiger partial charge is 0.491 e. The second kappa shape index (κ2) is 33.8. The summed E-state index contributed by atoms with van der Waals surface area (Å²) in [5.74, 6) is 1.45. The maximum absolute atomic E-state index is 10.7. The number of likely N-dealkylation sites (N-methyl/N-ethyl adjacent to an activating group) is 2. The second-order valence-electron chi connectivity index (χ2n) is 18.3. The summed E-state index contributed by atoms with van der Waals surface area (Å²) in [7, 11) is 8.86. The van der Waals surface area contributed by atoms with Crippen LogP contribution in [-0.2, 0) is 0 Å². The van der Waals surface area contributed by atoms with Crippen LogP contribution in [0.2, 0.25) is 0 Å². The van der Waals surface area contributed by atoms with Gasteiger partial charge in [-0.25, -0.2) is 0 Å². The number of aliphatic hydroxyl groups excluding tert-OH is 2. The minimum Gasteiger partial charge on any atom is -0.491 e. The molecule has 0 aliphatic carbocycles. The van der Waals surface area contributed by atoms with Gasteiger partial charge in [-0.15, -0.1) is 0 Å². The molecule has 0 aliphatic rings. The van der Waals surface area contributed by atoms with E-state index in [4.69, 9.17) is 9.47 Å². The van der Waals surface area contributed by atoms with E-state index in [1.165, 1.54) is 180 Å². The van der Waals surface area contributed by atoms with Crippen LogP contribution in [0.4, 0.5) is 0 Å². The van der Waals surface area contributed by atoms with Gasteiger partial charge in [0.2, 0.25) is 0 Å². The van der Waals surface area contributed by atoms with E-state index >= 15 is 0 Å². The Kier molecular flexibility index (Phi) is 31.7. The van der Waals surface area contributed by atoms with Crippen molar-refractivity contribution in [2.75, 3.05) is 67.6 Å². The molecule has 0 spiro atoms. The van der Waals surface area contributed by atoms with Crippen molar-refractivity contribution in [3.63, 3.8) is 0 Å². The molecule has 1 rings (SSSR count). The molecule has 2 atom stereocenters. The molecule has 6 nitrogen and oxygen atoms in total. The third-order valence-corrected chi connectivity index (χ3v) is 11.4. The third-order valence-electron chi connectivity index (χ3n) is 11.4. The minimum absolute atomic E-state index is 0.283. The number of benzene rings is 1. The fourth-order valence-electron chi connectivity index (χ4n) is 7.91. The number of hydrogen-bond acceptors (Lipinski definition) is 4. The first-order valence-corrected chi connectivity index (χ1v) is 23.4. The normalized spacial score (nSPS) is 13.3. The first-order chi connectivity index (χ1) is 26.1. The fourth-order valence-corrected chi connectivity index (χ4v) is 7.91. The van der Waals surface area contributed by atoms with Gasteiger partial charge >= 0.3 is 0 Å². The van der Waals surface area contributed by atoms with E-state index in [1.54, 1.807) is 0 Å². The lowest BCUT2D eigenvalue weighted by molar-refractivity contribution is -0.893. The summed E-state index contributed by atoms with van der Waals surface area (Å²) in [4.78, 5) is 0. The number of unbranched alkanes of at least 4 members (excludes halogenated alkanes) is 26. The zero-order valence-electron chi connectivity index (χ0n) is 37.1. The zero-order chi connectivity index (χ0) is 39.6. The van der Waals surface area contributed by atoms with E-state index in [2.05, 4.69) is 42.0 Å². The van der Waals surface area contributed by atoms with E-state index < -0.39 is 12.2 Å². The Morgan fingerprint density at radius 3 is 0.852 bits per heavy atom. The van der Waals surface area contributed by atoms with Crippen molar-refractivity contribution in [3.05, 3.63) is 24.3 Å². The van der Waals surface area contributed by atoms with Gasteiger partial charge < -0.3 is 28.7 Å². The Labute approximate surface area is 337 Å². The molecule has 54 heavy (non-hydrogen) atoms. The van der Waals surface area contributed by atoms with Gasteiger partial charge in [0.1, 0.15) is 50.0 Å². The van der Waals surface area contributed by atoms with Crippen LogP contribution in [0.1, 0.15) is 194 Å². The minimum atomic E-state index is -0.510. The Morgan fingerprint density at radius 2 is 0.611 bits per heavy atom. The molecule has 1 aromatic carbocycles. The molecule has 6 heteroatoms. The molecule has 0 fully saturated rings. The van der Waals surface area contributed by atoms with Crippen LogP contribution in [0.5, 0.6) is 11.5 Å². The van der Waals surface area contributed by atoms with Gasteiger partial charge in [-0.05, 0) is 49.9 Å². The molecule has 0 bridgehead atoms. The van der Waals surface area contributed by atoms with Crippen LogP contribution < -0.4 is 9.47 Å². The monoisotopic (exact) mass is 763 g/mol. The quantitative estimate of drug-likeness (QED) is 0.0516. The maximum Gasteiger partial charge on any atom is 0.137 e. The highest BCUT2D eigenvalue weighted by atomic mass is 16.5. The highest BCUT2D eigenvalue weighted by Gasteiger charge is 2.22. The molecule has 2 unspecified atom stereocenters. The summed E-state index contributed by atoms with van der Waals surface area (Å²) in [5.41, 5.74) is 0. The van der Waals surface area contributed by atoms with E-state index in [0.29, 0.717) is 13.1 Å². The summed E-state index contributed by atoms with van der Waals surface area (Å²) in [6.07, 6.45) is 37.5. The van der Waals surface area contributed by atoms with Gasteiger partial charge in [-0.3, -0.25) is 0 Å². The number of quaternary nitrogens is 2. The van der Waals surface area contributed by atoms with Crippen LogP contribution >= 0.6 is 0 Å². The van der Waals surface area contributed by atoms with Gasteiger partial charge in [0, 0.05) is 0 Å². The van der Waals surface area contributed by atoms with Crippen LogP contribution in [-0.4, -0.2) is 99.0 Å². The molecule has 0 heterocycles. The standard InChI is InChI=1S/C48H94N2O4/c1-7-9-11-13-15-17-19-21-23-25-27-29-31-33-39-49(3,4)41-45(51)43-53-47-35-37-48(38-36-47)54-44-46(52)42-50(5,6)40-34-32-30-28-26-24-22-20-18-16-14-12-10-8-2/h35-38,45-46,51-52H,7-34,39-44H2,1-6H3/q+2. The lowest BCUT2D eigenvalue weighted by Gasteiger charge is -2.32. The summed E-state index contributed by atoms with van der Waals surface area (Å²) in [5, 5.41) is 21.4. The average Bonchev–Trinajstić information content (AvgIpc) is 3.13. The molecule has 1 aromatic rings. The van der Waals surface area contributed by atoms with Gasteiger partial charge in [0.05, 0.1) is 41.3 Å². The molecular weight excluding hydrogens is 669 g/mol. The van der Waals surface area contributed by atoms with Crippen LogP contribution in [0.15, 0.2) is 24.3 Å². The molecule has 0 aromatic heterocycles. The van der Waals surface area contributed by atoms with Gasteiger partial charge in [0.25, 0.3) is 0 Å². The molecule has 0 aliphatic heterocycles. The van der Waals surface area contributed by atoms with Crippen molar-refractivity contribution >= 4 is 0 Å².